The van der Waals surface area contributed by atoms with Crippen molar-refractivity contribution in [1.82, 2.24) is 0 Å². The van der Waals surface area contributed by atoms with Crippen molar-refractivity contribution in [3.8, 4) is 0 Å². The summed E-state index contributed by atoms with van der Waals surface area (Å²) in [6, 6.07) is 0.361. The molecule has 0 aliphatic heterocycles. The molecule has 98 valence electrons. The molecule has 1 heteroatoms. The highest BCUT2D eigenvalue weighted by Crippen LogP contribution is 2.37. The van der Waals surface area contributed by atoms with Gasteiger partial charge < -0.3 is 5.73 Å². The van der Waals surface area contributed by atoms with Crippen molar-refractivity contribution >= 4 is 0 Å². The summed E-state index contributed by atoms with van der Waals surface area (Å²) in [5.41, 5.74) is 7.85. The standard InChI is InChI=1S/C16H29N/c1-12-15(9-6-10-16(12)13(2)17)11-14-7-4-3-5-8-14/h11-14,16H,3-10,17H2,1-2H3/b15-11+. The Morgan fingerprint density at radius 2 is 1.82 bits per heavy atom. The molecule has 0 spiro atoms. The molecule has 2 rings (SSSR count). The topological polar surface area (TPSA) is 26.0 Å². The van der Waals surface area contributed by atoms with Crippen molar-refractivity contribution in [2.75, 3.05) is 0 Å². The maximum Gasteiger partial charge on any atom is 0.00443 e. The molecule has 2 saturated carbocycles. The minimum Gasteiger partial charge on any atom is -0.328 e. The van der Waals surface area contributed by atoms with Gasteiger partial charge in [-0.05, 0) is 56.8 Å². The lowest BCUT2D eigenvalue weighted by molar-refractivity contribution is 0.278. The van der Waals surface area contributed by atoms with Crippen LogP contribution in [0.15, 0.2) is 11.6 Å². The number of allylic oxidation sites excluding steroid dienone is 2. The van der Waals surface area contributed by atoms with Crippen molar-refractivity contribution in [3.05, 3.63) is 11.6 Å². The second-order valence-corrected chi connectivity index (χ2v) is 6.34. The predicted octanol–water partition coefficient (Wildman–Crippen LogP) is 4.28. The van der Waals surface area contributed by atoms with Gasteiger partial charge in [0.25, 0.3) is 0 Å². The van der Waals surface area contributed by atoms with Gasteiger partial charge >= 0.3 is 0 Å². The zero-order valence-electron chi connectivity index (χ0n) is 11.6. The summed E-state index contributed by atoms with van der Waals surface area (Å²) in [5, 5.41) is 0. The molecule has 0 saturated heterocycles. The average molecular weight is 235 g/mol. The maximum atomic E-state index is 6.13. The van der Waals surface area contributed by atoms with E-state index >= 15 is 0 Å². The first-order valence-electron chi connectivity index (χ1n) is 7.64. The van der Waals surface area contributed by atoms with E-state index in [0.717, 1.165) is 17.8 Å². The van der Waals surface area contributed by atoms with Crippen molar-refractivity contribution < 1.29 is 0 Å². The molecule has 0 aromatic heterocycles. The van der Waals surface area contributed by atoms with Gasteiger partial charge in [-0.1, -0.05) is 37.8 Å². The minimum absolute atomic E-state index is 0.361. The largest absolute Gasteiger partial charge is 0.328 e. The highest BCUT2D eigenvalue weighted by atomic mass is 14.6. The molecule has 2 N–H and O–H groups in total. The molecule has 17 heavy (non-hydrogen) atoms. The van der Waals surface area contributed by atoms with E-state index in [-0.39, 0.29) is 0 Å². The summed E-state index contributed by atoms with van der Waals surface area (Å²) in [6.45, 7) is 4.59. The first kappa shape index (κ1) is 13.1. The van der Waals surface area contributed by atoms with E-state index in [1.54, 1.807) is 5.57 Å². The molecule has 0 aromatic rings. The second-order valence-electron chi connectivity index (χ2n) is 6.34. The number of nitrogens with two attached hydrogens (primary N) is 1. The Kier molecular flexibility index (Phi) is 4.67. The van der Waals surface area contributed by atoms with E-state index in [1.807, 2.05) is 0 Å². The van der Waals surface area contributed by atoms with Crippen LogP contribution < -0.4 is 5.73 Å². The van der Waals surface area contributed by atoms with Crippen molar-refractivity contribution in [1.29, 1.82) is 0 Å². The fourth-order valence-corrected chi connectivity index (χ4v) is 3.85. The molecule has 0 amide bonds. The van der Waals surface area contributed by atoms with E-state index in [2.05, 4.69) is 19.9 Å². The fraction of sp³-hybridized carbons (Fsp3) is 0.875. The first-order chi connectivity index (χ1) is 8.18. The van der Waals surface area contributed by atoms with Crippen LogP contribution in [0.5, 0.6) is 0 Å². The molecule has 0 radical (unpaired) electrons. The van der Waals surface area contributed by atoms with Gasteiger partial charge in [-0.3, -0.25) is 0 Å². The zero-order valence-corrected chi connectivity index (χ0v) is 11.6. The van der Waals surface area contributed by atoms with E-state index in [1.165, 1.54) is 51.4 Å². The lowest BCUT2D eigenvalue weighted by atomic mass is 9.72. The molecule has 0 heterocycles. The fourth-order valence-electron chi connectivity index (χ4n) is 3.85. The molecular formula is C16H29N. The summed E-state index contributed by atoms with van der Waals surface area (Å²) in [4.78, 5) is 0. The summed E-state index contributed by atoms with van der Waals surface area (Å²) < 4.78 is 0. The Labute approximate surface area is 107 Å². The van der Waals surface area contributed by atoms with Crippen LogP contribution in [0, 0.1) is 17.8 Å². The van der Waals surface area contributed by atoms with E-state index < -0.39 is 0 Å². The summed E-state index contributed by atoms with van der Waals surface area (Å²) in [6.07, 6.45) is 13.9. The van der Waals surface area contributed by atoms with Crippen LogP contribution in [0.25, 0.3) is 0 Å². The van der Waals surface area contributed by atoms with Crippen LogP contribution >= 0.6 is 0 Å². The highest BCUT2D eigenvalue weighted by Gasteiger charge is 2.28. The lowest BCUT2D eigenvalue weighted by Gasteiger charge is -2.35. The molecule has 2 aliphatic rings. The Bertz CT molecular complexity index is 261. The lowest BCUT2D eigenvalue weighted by Crippen LogP contribution is -2.34. The minimum atomic E-state index is 0.361. The number of hydrogen-bond acceptors (Lipinski definition) is 1. The van der Waals surface area contributed by atoms with Gasteiger partial charge in [0, 0.05) is 6.04 Å². The third kappa shape index (κ3) is 3.34. The molecular weight excluding hydrogens is 206 g/mol. The molecule has 1 nitrogen and oxygen atoms in total. The van der Waals surface area contributed by atoms with Gasteiger partial charge in [0.15, 0.2) is 0 Å². The quantitative estimate of drug-likeness (QED) is 0.710. The molecule has 0 bridgehead atoms. The molecule has 0 aromatic carbocycles. The van der Waals surface area contributed by atoms with Crippen molar-refractivity contribution in [3.63, 3.8) is 0 Å². The van der Waals surface area contributed by atoms with Crippen molar-refractivity contribution in [2.24, 2.45) is 23.5 Å². The van der Waals surface area contributed by atoms with Crippen LogP contribution in [-0.4, -0.2) is 6.04 Å². The first-order valence-corrected chi connectivity index (χ1v) is 7.64. The van der Waals surface area contributed by atoms with Crippen molar-refractivity contribution in [2.45, 2.75) is 71.3 Å². The Morgan fingerprint density at radius 3 is 2.47 bits per heavy atom. The summed E-state index contributed by atoms with van der Waals surface area (Å²) in [7, 11) is 0. The van der Waals surface area contributed by atoms with Crippen LogP contribution in [-0.2, 0) is 0 Å². The Balaban J connectivity index is 2.00. The van der Waals surface area contributed by atoms with Gasteiger partial charge in [-0.2, -0.15) is 0 Å². The SMILES string of the molecule is CC(N)C1CCC/C(=C\C2CCCCC2)C1C. The number of rotatable bonds is 2. The van der Waals surface area contributed by atoms with Gasteiger partial charge in [-0.25, -0.2) is 0 Å². The average Bonchev–Trinajstić information content (AvgIpc) is 2.33. The Hall–Kier alpha value is -0.300. The van der Waals surface area contributed by atoms with Gasteiger partial charge in [0.1, 0.15) is 0 Å². The monoisotopic (exact) mass is 235 g/mol. The van der Waals surface area contributed by atoms with Gasteiger partial charge in [0.2, 0.25) is 0 Å². The maximum absolute atomic E-state index is 6.13. The summed E-state index contributed by atoms with van der Waals surface area (Å²) in [5.74, 6) is 2.33. The van der Waals surface area contributed by atoms with Gasteiger partial charge in [0.05, 0.1) is 0 Å². The van der Waals surface area contributed by atoms with Gasteiger partial charge in [-0.15, -0.1) is 0 Å². The Morgan fingerprint density at radius 1 is 1.12 bits per heavy atom. The predicted molar refractivity (Wildman–Crippen MR) is 74.8 cm³/mol. The molecule has 2 fully saturated rings. The smallest absolute Gasteiger partial charge is 0.00443 e. The number of hydrogen-bond donors (Lipinski definition) is 1. The van der Waals surface area contributed by atoms with Crippen LogP contribution in [0.4, 0.5) is 0 Å². The highest BCUT2D eigenvalue weighted by molar-refractivity contribution is 5.13. The van der Waals surface area contributed by atoms with Crippen LogP contribution in [0.1, 0.15) is 65.2 Å². The molecule has 2 aliphatic carbocycles. The van der Waals surface area contributed by atoms with Crippen LogP contribution in [0.2, 0.25) is 0 Å². The summed E-state index contributed by atoms with van der Waals surface area (Å²) >= 11 is 0. The van der Waals surface area contributed by atoms with E-state index in [9.17, 15) is 0 Å². The van der Waals surface area contributed by atoms with E-state index in [0.29, 0.717) is 6.04 Å². The second kappa shape index (κ2) is 6.04. The zero-order chi connectivity index (χ0) is 12.3. The molecule has 3 atom stereocenters. The normalized spacial score (nSPS) is 36.1. The third-order valence-electron chi connectivity index (χ3n) is 5.00. The third-order valence-corrected chi connectivity index (χ3v) is 5.00. The van der Waals surface area contributed by atoms with Crippen LogP contribution in [0.3, 0.4) is 0 Å². The van der Waals surface area contributed by atoms with E-state index in [4.69, 9.17) is 5.73 Å². The molecule has 3 unspecified atom stereocenters.